The Morgan fingerprint density at radius 2 is 0.547 bits per heavy atom. The maximum Gasteiger partial charge on any atom is 0.302 e. The van der Waals surface area contributed by atoms with Crippen molar-refractivity contribution >= 4 is 145 Å². The number of esters is 1. The number of hydrogen-bond acceptors (Lipinski definition) is 18. The van der Waals surface area contributed by atoms with E-state index in [1.54, 1.807) is 100 Å². The fraction of sp³-hybridized carbons (Fsp3) is 0.515. The minimum Gasteiger partial charge on any atom is -0.464 e. The highest BCUT2D eigenvalue weighted by Gasteiger charge is 2.41. The molecule has 16 amide bonds. The first-order chi connectivity index (χ1) is 65.8. The number of para-hydroxylation sites is 4. The number of carbonyl (C=O) groups is 17. The molecule has 14 atom stereocenters. The van der Waals surface area contributed by atoms with Crippen molar-refractivity contribution in [3.05, 3.63) is 144 Å². The van der Waals surface area contributed by atoms with Gasteiger partial charge in [0, 0.05) is 101 Å². The summed E-state index contributed by atoms with van der Waals surface area (Å²) >= 11 is 0. The molecule has 0 unspecified atom stereocenters. The number of aromatic nitrogens is 4. The van der Waals surface area contributed by atoms with Gasteiger partial charge < -0.3 is 110 Å². The summed E-state index contributed by atoms with van der Waals surface area (Å²) in [4.78, 5) is 254. The third-order valence-corrected chi connectivity index (χ3v) is 23.9. The summed E-state index contributed by atoms with van der Waals surface area (Å²) in [5.41, 5.74) is 5.44. The number of H-pyrrole nitrogens is 4. The Balaban J connectivity index is 1.01. The third-order valence-electron chi connectivity index (χ3n) is 23.9. The molecule has 38 heteroatoms. The van der Waals surface area contributed by atoms with E-state index in [1.165, 1.54) is 20.8 Å². The van der Waals surface area contributed by atoms with Gasteiger partial charge in [-0.25, -0.2) is 0 Å². The quantitative estimate of drug-likeness (QED) is 0.0136. The molecular formula is C101H142N20O18. The van der Waals surface area contributed by atoms with Crippen molar-refractivity contribution in [2.24, 2.45) is 47.3 Å². The lowest BCUT2D eigenvalue weighted by atomic mass is 9.97. The Hall–Kier alpha value is -14.0. The molecule has 8 aromatic rings. The Labute approximate surface area is 810 Å². The fourth-order valence-corrected chi connectivity index (χ4v) is 16.4. The lowest BCUT2D eigenvalue weighted by Crippen LogP contribution is -2.62. The second-order valence-electron chi connectivity index (χ2n) is 38.8. The molecule has 4 heterocycles. The van der Waals surface area contributed by atoms with Crippen LogP contribution in [-0.2, 0) is 112 Å². The Morgan fingerprint density at radius 3 is 0.856 bits per heavy atom. The smallest absolute Gasteiger partial charge is 0.302 e. The summed E-state index contributed by atoms with van der Waals surface area (Å²) in [6, 6.07) is 11.0. The van der Waals surface area contributed by atoms with Crippen molar-refractivity contribution in [2.45, 2.75) is 268 Å². The second kappa shape index (κ2) is 52.5. The summed E-state index contributed by atoms with van der Waals surface area (Å²) in [5.74, 6) is -15.3. The van der Waals surface area contributed by atoms with E-state index in [-0.39, 0.29) is 94.1 Å². The van der Waals surface area contributed by atoms with Crippen LogP contribution in [0.1, 0.15) is 179 Å². The molecule has 8 rings (SSSR count). The molecule has 0 fully saturated rings. The maximum atomic E-state index is 15.6. The highest BCUT2D eigenvalue weighted by molar-refractivity contribution is 6.02. The summed E-state index contributed by atoms with van der Waals surface area (Å²) in [7, 11) is 0. The number of fused-ring (bicyclic) bond motifs is 4. The number of benzene rings is 4. The van der Waals surface area contributed by atoms with Crippen molar-refractivity contribution < 1.29 is 86.2 Å². The van der Waals surface area contributed by atoms with Gasteiger partial charge in [-0.1, -0.05) is 184 Å². The van der Waals surface area contributed by atoms with Gasteiger partial charge in [-0.15, -0.1) is 0 Å². The number of carbonyl (C=O) groups excluding carboxylic acids is 17. The molecule has 4 aromatic heterocycles. The second-order valence-corrected chi connectivity index (χ2v) is 38.8. The molecule has 0 bridgehead atoms. The van der Waals surface area contributed by atoms with Crippen LogP contribution in [-0.4, -0.2) is 225 Å². The van der Waals surface area contributed by atoms with Crippen LogP contribution in [0.15, 0.2) is 122 Å². The molecule has 0 saturated carbocycles. The molecular weight excluding hydrogens is 1780 g/mol. The van der Waals surface area contributed by atoms with E-state index in [0.717, 1.165) is 21.8 Å². The largest absolute Gasteiger partial charge is 0.464 e. The van der Waals surface area contributed by atoms with Crippen molar-refractivity contribution in [2.75, 3.05) is 19.7 Å². The highest BCUT2D eigenvalue weighted by atomic mass is 16.5. The van der Waals surface area contributed by atoms with E-state index >= 15 is 28.8 Å². The normalized spacial score (nSPS) is 14.6. The summed E-state index contributed by atoms with van der Waals surface area (Å²) in [6.45, 7) is 31.2. The number of aromatic amines is 4. The standard InChI is InChI=1S/C101H142N20O18/c1-52(2)38-75(111-88(125)60(17)109-83(124)50-107-98(135)84(56(9)10)108-51-122)91(128)110-61(18)89(126)119-86(58(13)14)100(137)121-87(59(15)16)101(138)120-85(57(11)12)99(136)118-82(45-66-49-106-74-35-27-23-31-70(66)74)97(134)114-78(41-55(7)8)94(131)117-81(44-65-48-105-73-34-26-22-30-69(65)73)96(133)113-77(40-54(5)6)93(130)116-80(43-64-47-104-72-33-25-21-29-68(64)72)95(132)112-76(39-53(3)4)92(129)115-79(90(127)102-36-37-139-62(19)123)42-63-46-103-71-32-24-20-28-67(63)71/h20-35,46-49,51-61,75-82,84-87,103-106H,36-45,50H2,1-19H3,(H,102,127)(H,107,135)(H,108,122)(H,109,124)(H,110,128)(H,111,125)(H,112,132)(H,113,133)(H,114,134)(H,115,129)(H,116,130)(H,117,131)(H,118,136)(H,119,126)(H,120,138)(H,121,137)/t60-,61-,75+,76+,77+,78+,79-,80-,81-,82-,84-,85+,86+,87-/m0/s1. The molecule has 0 aliphatic heterocycles. The minimum atomic E-state index is -1.49. The Bertz CT molecular complexity index is 5610. The van der Waals surface area contributed by atoms with Gasteiger partial charge in [0.2, 0.25) is 95.0 Å². The monoisotopic (exact) mass is 1920 g/mol. The molecule has 20 N–H and O–H groups in total. The van der Waals surface area contributed by atoms with Crippen LogP contribution in [0.4, 0.5) is 0 Å². The first kappa shape index (κ1) is 110. The number of hydrogen-bond donors (Lipinski definition) is 20. The molecule has 139 heavy (non-hydrogen) atoms. The van der Waals surface area contributed by atoms with Gasteiger partial charge in [-0.3, -0.25) is 81.5 Å². The summed E-state index contributed by atoms with van der Waals surface area (Å²) in [6.07, 6.45) is 6.91. The zero-order chi connectivity index (χ0) is 102. The topological polar surface area (TPSA) is 555 Å². The third kappa shape index (κ3) is 32.9. The van der Waals surface area contributed by atoms with Crippen LogP contribution in [0, 0.1) is 47.3 Å². The van der Waals surface area contributed by atoms with Crippen molar-refractivity contribution in [1.29, 1.82) is 0 Å². The molecule has 4 aromatic carbocycles. The van der Waals surface area contributed by atoms with Crippen molar-refractivity contribution in [1.82, 2.24) is 105 Å². The van der Waals surface area contributed by atoms with Crippen molar-refractivity contribution in [3.8, 4) is 0 Å². The fourth-order valence-electron chi connectivity index (χ4n) is 16.4. The zero-order valence-corrected chi connectivity index (χ0v) is 83.0. The van der Waals surface area contributed by atoms with Crippen molar-refractivity contribution in [3.63, 3.8) is 0 Å². The minimum absolute atomic E-state index is 0.00145. The maximum absolute atomic E-state index is 15.6. The zero-order valence-electron chi connectivity index (χ0n) is 83.0. The molecule has 754 valence electrons. The Morgan fingerprint density at radius 1 is 0.288 bits per heavy atom. The lowest BCUT2D eigenvalue weighted by Gasteiger charge is -2.31. The number of rotatable bonds is 54. The van der Waals surface area contributed by atoms with E-state index in [4.69, 9.17) is 4.74 Å². The average molecular weight is 1920 g/mol. The van der Waals surface area contributed by atoms with E-state index in [9.17, 15) is 52.7 Å². The van der Waals surface area contributed by atoms with Crippen LogP contribution >= 0.6 is 0 Å². The van der Waals surface area contributed by atoms with Gasteiger partial charge in [0.1, 0.15) is 91.2 Å². The van der Waals surface area contributed by atoms with E-state index in [0.29, 0.717) is 50.5 Å². The van der Waals surface area contributed by atoms with Gasteiger partial charge >= 0.3 is 5.97 Å². The molecule has 0 saturated heterocycles. The lowest BCUT2D eigenvalue weighted by molar-refractivity contribution is -0.141. The molecule has 0 aliphatic carbocycles. The van der Waals surface area contributed by atoms with Gasteiger partial charge in [0.15, 0.2) is 0 Å². The molecule has 38 nitrogen and oxygen atoms in total. The van der Waals surface area contributed by atoms with Crippen LogP contribution in [0.2, 0.25) is 0 Å². The van der Waals surface area contributed by atoms with Crippen LogP contribution in [0.25, 0.3) is 43.6 Å². The summed E-state index contributed by atoms with van der Waals surface area (Å²) in [5, 5.41) is 46.9. The van der Waals surface area contributed by atoms with Crippen LogP contribution in [0.3, 0.4) is 0 Å². The van der Waals surface area contributed by atoms with Gasteiger partial charge in [-0.05, 0) is 133 Å². The molecule has 0 spiro atoms. The average Bonchev–Trinajstić information content (AvgIpc) is 1.71. The molecule has 0 aliphatic rings. The Kier molecular flexibility index (Phi) is 41.7. The van der Waals surface area contributed by atoms with Crippen LogP contribution < -0.4 is 85.1 Å². The first-order valence-electron chi connectivity index (χ1n) is 47.8. The first-order valence-corrected chi connectivity index (χ1v) is 47.8. The molecule has 0 radical (unpaired) electrons. The predicted octanol–water partition coefficient (Wildman–Crippen LogP) is 4.94. The number of ether oxygens (including phenoxy) is 1. The summed E-state index contributed by atoms with van der Waals surface area (Å²) < 4.78 is 5.07. The van der Waals surface area contributed by atoms with E-state index in [1.807, 2.05) is 133 Å². The number of nitrogens with one attached hydrogen (secondary N) is 20. The predicted molar refractivity (Wildman–Crippen MR) is 527 cm³/mol. The number of amides is 16. The van der Waals surface area contributed by atoms with E-state index in [2.05, 4.69) is 105 Å². The SMILES string of the molecule is CC(=O)OCCNC(=O)[C@H](Cc1c[nH]c2ccccc12)NC(=O)[C@@H](CC(C)C)NC(=O)[C@H](Cc1c[nH]c2ccccc12)NC(=O)[C@@H](CC(C)C)NC(=O)[C@H](Cc1c[nH]c2ccccc12)NC(=O)[C@@H](CC(C)C)NC(=O)[C@H](Cc1c[nH]c2ccccc12)NC(=O)[C@H](NC(=O)[C@@H](NC(=O)[C@H](NC(=O)[C@H](C)NC(=O)[C@@H](CC(C)C)NC(=O)[C@H](C)NC(=O)CNC(=O)[C@@H](NC=O)C(C)C)C(C)C)C(C)C)C(C)C. The van der Waals surface area contributed by atoms with E-state index < -0.39 is 203 Å². The highest BCUT2D eigenvalue weighted by Crippen LogP contribution is 2.26. The van der Waals surface area contributed by atoms with Gasteiger partial charge in [0.05, 0.1) is 13.1 Å². The van der Waals surface area contributed by atoms with Gasteiger partial charge in [0.25, 0.3) is 0 Å². The van der Waals surface area contributed by atoms with Gasteiger partial charge in [-0.2, -0.15) is 0 Å². The van der Waals surface area contributed by atoms with Crippen LogP contribution in [0.5, 0.6) is 0 Å².